The van der Waals surface area contributed by atoms with E-state index < -0.39 is 9.84 Å². The number of benzene rings is 1. The molecule has 1 aromatic rings. The number of rotatable bonds is 6. The van der Waals surface area contributed by atoms with Crippen LogP contribution < -0.4 is 0 Å². The molecule has 7 nitrogen and oxygen atoms in total. The van der Waals surface area contributed by atoms with Gasteiger partial charge in [-0.2, -0.15) is 0 Å². The van der Waals surface area contributed by atoms with Crippen molar-refractivity contribution in [3.05, 3.63) is 29.8 Å². The third kappa shape index (κ3) is 4.25. The van der Waals surface area contributed by atoms with Crippen molar-refractivity contribution in [3.63, 3.8) is 0 Å². The first-order valence-electron chi connectivity index (χ1n) is 7.67. The first kappa shape index (κ1) is 18.3. The Morgan fingerprint density at radius 3 is 2.46 bits per heavy atom. The minimum Gasteiger partial charge on any atom is -0.448 e. The van der Waals surface area contributed by atoms with Crippen molar-refractivity contribution in [3.8, 4) is 0 Å². The molecular weight excluding hydrogens is 332 g/mol. The molecule has 1 aliphatic heterocycles. The summed E-state index contributed by atoms with van der Waals surface area (Å²) in [5.74, 6) is -0.0885. The zero-order chi connectivity index (χ0) is 17.9. The number of hydrogen-bond donors (Lipinski definition) is 0. The zero-order valence-electron chi connectivity index (χ0n) is 14.1. The van der Waals surface area contributed by atoms with Crippen LogP contribution in [0, 0.1) is 0 Å². The Balaban J connectivity index is 1.96. The van der Waals surface area contributed by atoms with E-state index in [-0.39, 0.29) is 29.4 Å². The first-order chi connectivity index (χ1) is 11.2. The normalized spacial score (nSPS) is 16.0. The molecule has 0 spiro atoms. The minimum atomic E-state index is -3.24. The van der Waals surface area contributed by atoms with Gasteiger partial charge in [-0.05, 0) is 24.6 Å². The van der Waals surface area contributed by atoms with Gasteiger partial charge in [-0.15, -0.1) is 0 Å². The number of hydrogen-bond acceptors (Lipinski definition) is 5. The Morgan fingerprint density at radius 1 is 1.33 bits per heavy atom. The van der Waals surface area contributed by atoms with Gasteiger partial charge < -0.3 is 14.5 Å². The van der Waals surface area contributed by atoms with Crippen LogP contribution in [0.2, 0.25) is 0 Å². The standard InChI is InChI=1S/C16H22N2O5S/c1-12(13-4-6-14(7-5-13)24(3,21)22)17(2)15(19)8-9-18-10-11-23-16(18)20/h4-7,12H,8-11H2,1-3H3. The average Bonchev–Trinajstić information content (AvgIpc) is 2.95. The Morgan fingerprint density at radius 2 is 1.96 bits per heavy atom. The smallest absolute Gasteiger partial charge is 0.409 e. The molecule has 1 fully saturated rings. The summed E-state index contributed by atoms with van der Waals surface area (Å²) in [4.78, 5) is 27.0. The molecule has 132 valence electrons. The maximum atomic E-state index is 12.3. The van der Waals surface area contributed by atoms with Gasteiger partial charge in [0, 0.05) is 26.3 Å². The van der Waals surface area contributed by atoms with Crippen molar-refractivity contribution >= 4 is 21.8 Å². The largest absolute Gasteiger partial charge is 0.448 e. The fourth-order valence-corrected chi connectivity index (χ4v) is 3.10. The van der Waals surface area contributed by atoms with Crippen LogP contribution in [0.4, 0.5) is 4.79 Å². The van der Waals surface area contributed by atoms with Gasteiger partial charge in [0.05, 0.1) is 17.5 Å². The van der Waals surface area contributed by atoms with E-state index in [1.807, 2.05) is 6.92 Å². The van der Waals surface area contributed by atoms with E-state index in [0.717, 1.165) is 11.8 Å². The molecule has 2 rings (SSSR count). The molecule has 0 N–H and O–H groups in total. The Labute approximate surface area is 142 Å². The van der Waals surface area contributed by atoms with Crippen LogP contribution in [-0.2, 0) is 19.4 Å². The van der Waals surface area contributed by atoms with E-state index in [1.165, 1.54) is 4.90 Å². The molecular formula is C16H22N2O5S. The number of amides is 2. The van der Waals surface area contributed by atoms with Crippen molar-refractivity contribution in [2.75, 3.05) is 33.0 Å². The van der Waals surface area contributed by atoms with Crippen molar-refractivity contribution < 1.29 is 22.7 Å². The van der Waals surface area contributed by atoms with E-state index in [4.69, 9.17) is 4.74 Å². The van der Waals surface area contributed by atoms with Crippen LogP contribution in [0.15, 0.2) is 29.2 Å². The Kier molecular flexibility index (Phi) is 5.48. The maximum Gasteiger partial charge on any atom is 0.409 e. The number of cyclic esters (lactones) is 1. The maximum absolute atomic E-state index is 12.3. The van der Waals surface area contributed by atoms with Gasteiger partial charge in [0.1, 0.15) is 6.61 Å². The van der Waals surface area contributed by atoms with E-state index >= 15 is 0 Å². The molecule has 1 atom stereocenters. The van der Waals surface area contributed by atoms with Crippen molar-refractivity contribution in [2.45, 2.75) is 24.3 Å². The zero-order valence-corrected chi connectivity index (χ0v) is 14.9. The summed E-state index contributed by atoms with van der Waals surface area (Å²) in [6.45, 7) is 3.09. The van der Waals surface area contributed by atoms with Crippen LogP contribution in [0.3, 0.4) is 0 Å². The molecule has 1 aliphatic rings. The molecule has 0 radical (unpaired) electrons. The monoisotopic (exact) mass is 354 g/mol. The number of carbonyl (C=O) groups excluding carboxylic acids is 2. The molecule has 2 amide bonds. The quantitative estimate of drug-likeness (QED) is 0.772. The predicted molar refractivity (Wildman–Crippen MR) is 88.3 cm³/mol. The number of ether oxygens (including phenoxy) is 1. The highest BCUT2D eigenvalue weighted by molar-refractivity contribution is 7.90. The van der Waals surface area contributed by atoms with Gasteiger partial charge in [-0.3, -0.25) is 4.79 Å². The highest BCUT2D eigenvalue weighted by Gasteiger charge is 2.24. The lowest BCUT2D eigenvalue weighted by atomic mass is 10.1. The third-order valence-electron chi connectivity index (χ3n) is 4.21. The molecule has 1 heterocycles. The molecule has 8 heteroatoms. The summed E-state index contributed by atoms with van der Waals surface area (Å²) in [5, 5.41) is 0. The van der Waals surface area contributed by atoms with Crippen LogP contribution in [-0.4, -0.2) is 63.2 Å². The summed E-state index contributed by atoms with van der Waals surface area (Å²) in [6.07, 6.45) is 0.997. The van der Waals surface area contributed by atoms with E-state index in [1.54, 1.807) is 36.2 Å². The van der Waals surface area contributed by atoms with E-state index in [0.29, 0.717) is 19.7 Å². The van der Waals surface area contributed by atoms with Gasteiger partial charge >= 0.3 is 6.09 Å². The molecule has 0 saturated carbocycles. The number of sulfone groups is 1. The molecule has 0 aliphatic carbocycles. The lowest BCUT2D eigenvalue weighted by Crippen LogP contribution is -2.34. The Hall–Kier alpha value is -2.09. The molecule has 1 aromatic carbocycles. The summed E-state index contributed by atoms with van der Waals surface area (Å²) in [5.41, 5.74) is 0.846. The molecule has 24 heavy (non-hydrogen) atoms. The van der Waals surface area contributed by atoms with Crippen molar-refractivity contribution in [1.82, 2.24) is 9.80 Å². The molecule has 0 bridgehead atoms. The fourth-order valence-electron chi connectivity index (χ4n) is 2.47. The van der Waals surface area contributed by atoms with Gasteiger partial charge in [0.2, 0.25) is 5.91 Å². The molecule has 1 unspecified atom stereocenters. The van der Waals surface area contributed by atoms with Crippen molar-refractivity contribution in [2.24, 2.45) is 0 Å². The first-order valence-corrected chi connectivity index (χ1v) is 9.56. The second kappa shape index (κ2) is 7.21. The summed E-state index contributed by atoms with van der Waals surface area (Å²) >= 11 is 0. The lowest BCUT2D eigenvalue weighted by molar-refractivity contribution is -0.132. The van der Waals surface area contributed by atoms with Crippen LogP contribution in [0.1, 0.15) is 24.9 Å². The topological polar surface area (TPSA) is 84.0 Å². The van der Waals surface area contributed by atoms with Crippen LogP contribution in [0.5, 0.6) is 0 Å². The molecule has 1 saturated heterocycles. The fraction of sp³-hybridized carbons (Fsp3) is 0.500. The van der Waals surface area contributed by atoms with E-state index in [2.05, 4.69) is 0 Å². The average molecular weight is 354 g/mol. The van der Waals surface area contributed by atoms with Gasteiger partial charge in [0.25, 0.3) is 0 Å². The summed E-state index contributed by atoms with van der Waals surface area (Å²) in [6, 6.07) is 6.31. The van der Waals surface area contributed by atoms with E-state index in [9.17, 15) is 18.0 Å². The lowest BCUT2D eigenvalue weighted by Gasteiger charge is -2.26. The van der Waals surface area contributed by atoms with Gasteiger partial charge in [-0.1, -0.05) is 12.1 Å². The van der Waals surface area contributed by atoms with Gasteiger partial charge in [0.15, 0.2) is 9.84 Å². The highest BCUT2D eigenvalue weighted by atomic mass is 32.2. The second-order valence-corrected chi connectivity index (χ2v) is 7.89. The van der Waals surface area contributed by atoms with Crippen LogP contribution in [0.25, 0.3) is 0 Å². The summed E-state index contributed by atoms with van der Waals surface area (Å²) < 4.78 is 27.8. The van der Waals surface area contributed by atoms with Gasteiger partial charge in [-0.25, -0.2) is 13.2 Å². The van der Waals surface area contributed by atoms with Crippen LogP contribution >= 0.6 is 0 Å². The second-order valence-electron chi connectivity index (χ2n) is 5.87. The SMILES string of the molecule is CC(c1ccc(S(C)(=O)=O)cc1)N(C)C(=O)CCN1CCOC1=O. The van der Waals surface area contributed by atoms with Crippen molar-refractivity contribution in [1.29, 1.82) is 0 Å². The predicted octanol–water partition coefficient (Wildman–Crippen LogP) is 1.45. The molecule has 0 aromatic heterocycles. The summed E-state index contributed by atoms with van der Waals surface area (Å²) in [7, 11) is -1.54. The third-order valence-corrected chi connectivity index (χ3v) is 5.33. The Bertz CT molecular complexity index is 714. The minimum absolute atomic E-state index is 0.0885. The number of nitrogens with zero attached hydrogens (tertiary/aromatic N) is 2. The number of carbonyl (C=O) groups is 2. The highest BCUT2D eigenvalue weighted by Crippen LogP contribution is 2.21.